The molecular formula is C17H17NO2. The second-order valence-corrected chi connectivity index (χ2v) is 4.54. The standard InChI is InChI=1S/C17H17NO2/c1-12(10-13-6-2-4-8-16(13)19)15(18)11-14-7-3-5-9-17(14)20/h2-11,19-20H,18H2,1H3. The van der Waals surface area contributed by atoms with Crippen LogP contribution in [-0.2, 0) is 0 Å². The number of phenols is 2. The summed E-state index contributed by atoms with van der Waals surface area (Å²) in [5, 5.41) is 19.4. The van der Waals surface area contributed by atoms with Crippen LogP contribution in [0.4, 0.5) is 0 Å². The highest BCUT2D eigenvalue weighted by molar-refractivity contribution is 5.68. The monoisotopic (exact) mass is 267 g/mol. The predicted molar refractivity (Wildman–Crippen MR) is 82.0 cm³/mol. The average molecular weight is 267 g/mol. The van der Waals surface area contributed by atoms with E-state index >= 15 is 0 Å². The molecule has 0 aliphatic carbocycles. The van der Waals surface area contributed by atoms with Crippen molar-refractivity contribution < 1.29 is 10.2 Å². The molecule has 0 spiro atoms. The van der Waals surface area contributed by atoms with Gasteiger partial charge in [-0.1, -0.05) is 36.4 Å². The van der Waals surface area contributed by atoms with Crippen LogP contribution in [0.25, 0.3) is 12.2 Å². The van der Waals surface area contributed by atoms with E-state index in [1.165, 1.54) is 0 Å². The molecular weight excluding hydrogens is 250 g/mol. The van der Waals surface area contributed by atoms with Crippen molar-refractivity contribution in [2.45, 2.75) is 6.92 Å². The SMILES string of the molecule is CC(=Cc1ccccc1O)C(N)=Cc1ccccc1O. The molecule has 0 aliphatic rings. The van der Waals surface area contributed by atoms with Crippen molar-refractivity contribution in [1.82, 2.24) is 0 Å². The summed E-state index contributed by atoms with van der Waals surface area (Å²) in [6.45, 7) is 1.86. The molecule has 0 saturated heterocycles. The van der Waals surface area contributed by atoms with Gasteiger partial charge in [-0.05, 0) is 36.8 Å². The number of benzene rings is 2. The van der Waals surface area contributed by atoms with Crippen LogP contribution in [0.15, 0.2) is 59.8 Å². The first-order valence-corrected chi connectivity index (χ1v) is 6.30. The molecule has 0 radical (unpaired) electrons. The first-order chi connectivity index (χ1) is 9.58. The van der Waals surface area contributed by atoms with Crippen molar-refractivity contribution >= 4 is 12.2 Å². The zero-order chi connectivity index (χ0) is 14.5. The third-order valence-electron chi connectivity index (χ3n) is 3.01. The van der Waals surface area contributed by atoms with E-state index in [1.807, 2.05) is 25.1 Å². The highest BCUT2D eigenvalue weighted by atomic mass is 16.3. The van der Waals surface area contributed by atoms with Crippen molar-refractivity contribution in [3.8, 4) is 11.5 Å². The van der Waals surface area contributed by atoms with Gasteiger partial charge in [0.2, 0.25) is 0 Å². The average Bonchev–Trinajstić information content (AvgIpc) is 2.43. The molecule has 102 valence electrons. The summed E-state index contributed by atoms with van der Waals surface area (Å²) < 4.78 is 0. The summed E-state index contributed by atoms with van der Waals surface area (Å²) in [7, 11) is 0. The lowest BCUT2D eigenvalue weighted by molar-refractivity contribution is 0.473. The number of hydrogen-bond acceptors (Lipinski definition) is 3. The topological polar surface area (TPSA) is 66.5 Å². The van der Waals surface area contributed by atoms with Gasteiger partial charge in [0.15, 0.2) is 0 Å². The lowest BCUT2D eigenvalue weighted by Gasteiger charge is -2.05. The molecule has 0 aromatic heterocycles. The van der Waals surface area contributed by atoms with Gasteiger partial charge < -0.3 is 15.9 Å². The number of phenolic OH excluding ortho intramolecular Hbond substituents is 2. The summed E-state index contributed by atoms with van der Waals surface area (Å²) in [4.78, 5) is 0. The maximum Gasteiger partial charge on any atom is 0.122 e. The lowest BCUT2D eigenvalue weighted by Crippen LogP contribution is -1.98. The smallest absolute Gasteiger partial charge is 0.122 e. The molecule has 0 bridgehead atoms. The number of allylic oxidation sites excluding steroid dienone is 1. The molecule has 0 amide bonds. The van der Waals surface area contributed by atoms with Crippen LogP contribution in [0.2, 0.25) is 0 Å². The zero-order valence-corrected chi connectivity index (χ0v) is 11.2. The van der Waals surface area contributed by atoms with Gasteiger partial charge in [0, 0.05) is 16.8 Å². The molecule has 0 heterocycles. The number of aromatic hydroxyl groups is 2. The molecule has 4 N–H and O–H groups in total. The molecule has 0 unspecified atom stereocenters. The van der Waals surface area contributed by atoms with E-state index in [-0.39, 0.29) is 11.5 Å². The van der Waals surface area contributed by atoms with Crippen molar-refractivity contribution in [3.05, 3.63) is 70.9 Å². The van der Waals surface area contributed by atoms with Crippen LogP contribution in [0.3, 0.4) is 0 Å². The Morgan fingerprint density at radius 1 is 0.850 bits per heavy atom. The second kappa shape index (κ2) is 5.97. The third kappa shape index (κ3) is 3.20. The van der Waals surface area contributed by atoms with Gasteiger partial charge in [-0.3, -0.25) is 0 Å². The van der Waals surface area contributed by atoms with E-state index in [0.29, 0.717) is 16.8 Å². The maximum atomic E-state index is 9.73. The summed E-state index contributed by atoms with van der Waals surface area (Å²) in [5.41, 5.74) is 8.74. The van der Waals surface area contributed by atoms with Crippen LogP contribution < -0.4 is 5.73 Å². The van der Waals surface area contributed by atoms with Crippen LogP contribution >= 0.6 is 0 Å². The summed E-state index contributed by atoms with van der Waals surface area (Å²) in [6.07, 6.45) is 3.52. The molecule has 2 aromatic carbocycles. The van der Waals surface area contributed by atoms with Gasteiger partial charge in [0.25, 0.3) is 0 Å². The Labute approximate surface area is 118 Å². The number of rotatable bonds is 3. The Kier molecular flexibility index (Phi) is 4.11. The molecule has 0 atom stereocenters. The maximum absolute atomic E-state index is 9.73. The highest BCUT2D eigenvalue weighted by Gasteiger charge is 2.01. The Bertz CT molecular complexity index is 613. The molecule has 3 nitrogen and oxygen atoms in total. The lowest BCUT2D eigenvalue weighted by atomic mass is 10.1. The Morgan fingerprint density at radius 3 is 1.80 bits per heavy atom. The van der Waals surface area contributed by atoms with Gasteiger partial charge >= 0.3 is 0 Å². The summed E-state index contributed by atoms with van der Waals surface area (Å²) >= 11 is 0. The van der Waals surface area contributed by atoms with E-state index in [2.05, 4.69) is 0 Å². The van der Waals surface area contributed by atoms with Gasteiger partial charge in [-0.25, -0.2) is 0 Å². The normalized spacial score (nSPS) is 12.4. The van der Waals surface area contributed by atoms with Gasteiger partial charge in [0.05, 0.1) is 0 Å². The fourth-order valence-corrected chi connectivity index (χ4v) is 1.82. The van der Waals surface area contributed by atoms with Gasteiger partial charge in [0.1, 0.15) is 11.5 Å². The molecule has 3 heteroatoms. The largest absolute Gasteiger partial charge is 0.507 e. The quantitative estimate of drug-likeness (QED) is 0.746. The number of nitrogens with two attached hydrogens (primary N) is 1. The minimum absolute atomic E-state index is 0.186. The predicted octanol–water partition coefficient (Wildman–Crippen LogP) is 3.50. The van der Waals surface area contributed by atoms with Crippen molar-refractivity contribution in [2.75, 3.05) is 0 Å². The summed E-state index contributed by atoms with van der Waals surface area (Å²) in [6, 6.07) is 14.0. The number of hydrogen-bond donors (Lipinski definition) is 3. The van der Waals surface area contributed by atoms with E-state index in [9.17, 15) is 10.2 Å². The molecule has 0 saturated carbocycles. The Hall–Kier alpha value is -2.68. The highest BCUT2D eigenvalue weighted by Crippen LogP contribution is 2.23. The molecule has 0 aliphatic heterocycles. The van der Waals surface area contributed by atoms with E-state index in [1.54, 1.807) is 42.5 Å². The van der Waals surface area contributed by atoms with E-state index in [0.717, 1.165) is 5.57 Å². The minimum atomic E-state index is 0.186. The fourth-order valence-electron chi connectivity index (χ4n) is 1.82. The molecule has 0 fully saturated rings. The van der Waals surface area contributed by atoms with Crippen molar-refractivity contribution in [1.29, 1.82) is 0 Å². The number of para-hydroxylation sites is 2. The molecule has 2 rings (SSSR count). The minimum Gasteiger partial charge on any atom is -0.507 e. The van der Waals surface area contributed by atoms with Crippen LogP contribution in [0.1, 0.15) is 18.1 Å². The van der Waals surface area contributed by atoms with E-state index < -0.39 is 0 Å². The van der Waals surface area contributed by atoms with Crippen LogP contribution in [0.5, 0.6) is 11.5 Å². The summed E-state index contributed by atoms with van der Waals surface area (Å²) in [5.74, 6) is 0.396. The second-order valence-electron chi connectivity index (χ2n) is 4.54. The van der Waals surface area contributed by atoms with Gasteiger partial charge in [-0.15, -0.1) is 0 Å². The molecule has 20 heavy (non-hydrogen) atoms. The van der Waals surface area contributed by atoms with Crippen LogP contribution in [-0.4, -0.2) is 10.2 Å². The van der Waals surface area contributed by atoms with Crippen molar-refractivity contribution in [3.63, 3.8) is 0 Å². The zero-order valence-electron chi connectivity index (χ0n) is 11.2. The van der Waals surface area contributed by atoms with Crippen molar-refractivity contribution in [2.24, 2.45) is 5.73 Å². The first kappa shape index (κ1) is 13.7. The third-order valence-corrected chi connectivity index (χ3v) is 3.01. The molecule has 2 aromatic rings. The fraction of sp³-hybridized carbons (Fsp3) is 0.0588. The Balaban J connectivity index is 2.32. The van der Waals surface area contributed by atoms with Crippen LogP contribution in [0, 0.1) is 0 Å². The van der Waals surface area contributed by atoms with Gasteiger partial charge in [-0.2, -0.15) is 0 Å². The first-order valence-electron chi connectivity index (χ1n) is 6.30. The Morgan fingerprint density at radius 2 is 1.30 bits per heavy atom. The van der Waals surface area contributed by atoms with E-state index in [4.69, 9.17) is 5.73 Å².